The van der Waals surface area contributed by atoms with Crippen molar-refractivity contribution in [3.63, 3.8) is 0 Å². The molecule has 36 heavy (non-hydrogen) atoms. The number of carbonyl (C=O) groups excluding carboxylic acids is 3. The van der Waals surface area contributed by atoms with Crippen LogP contribution in [0, 0.1) is 24.2 Å². The third kappa shape index (κ3) is 4.49. The fourth-order valence-electron chi connectivity index (χ4n) is 5.13. The van der Waals surface area contributed by atoms with Crippen LogP contribution in [0.15, 0.2) is 54.6 Å². The molecule has 5 rings (SSSR count). The second-order valence-electron chi connectivity index (χ2n) is 9.43. The predicted molar refractivity (Wildman–Crippen MR) is 139 cm³/mol. The molecule has 1 fully saturated rings. The Bertz CT molecular complexity index is 1490. The van der Waals surface area contributed by atoms with Gasteiger partial charge in [0.1, 0.15) is 0 Å². The Balaban J connectivity index is 1.29. The van der Waals surface area contributed by atoms with Crippen molar-refractivity contribution < 1.29 is 14.4 Å². The van der Waals surface area contributed by atoms with Crippen LogP contribution in [0.2, 0.25) is 0 Å². The van der Waals surface area contributed by atoms with Gasteiger partial charge in [0.25, 0.3) is 0 Å². The summed E-state index contributed by atoms with van der Waals surface area (Å²) in [6, 6.07) is 18.1. The van der Waals surface area contributed by atoms with Gasteiger partial charge in [-0.05, 0) is 64.6 Å². The largest absolute Gasteiger partial charge is 0.344 e. The lowest BCUT2D eigenvalue weighted by Gasteiger charge is -2.16. The number of terminal acetylenes is 1. The highest BCUT2D eigenvalue weighted by molar-refractivity contribution is 6.35. The van der Waals surface area contributed by atoms with E-state index in [4.69, 9.17) is 6.42 Å². The van der Waals surface area contributed by atoms with Crippen molar-refractivity contribution in [2.75, 3.05) is 6.54 Å². The molecule has 0 radical (unpaired) electrons. The maximum atomic E-state index is 13.0. The van der Waals surface area contributed by atoms with E-state index in [-0.39, 0.29) is 24.3 Å². The highest BCUT2D eigenvalue weighted by Gasteiger charge is 2.44. The first-order valence-electron chi connectivity index (χ1n) is 12.2. The fourth-order valence-corrected chi connectivity index (χ4v) is 5.13. The van der Waals surface area contributed by atoms with Gasteiger partial charge in [-0.3, -0.25) is 14.4 Å². The Morgan fingerprint density at radius 1 is 0.889 bits per heavy atom. The standard InChI is InChI=1S/C31H26N2O3/c1-2-19-32-29(35)30(36)33-20-23-7-3-4-9-24(23)27(34)11-6-16-31(17-18-31)26-15-14-22-13-12-21-8-5-10-25(26)28(21)22/h1,3-5,7-10,14-15H,12-13,16-20H2,(H,32,35)(H,33,36). The van der Waals surface area contributed by atoms with E-state index in [0.29, 0.717) is 17.5 Å². The Morgan fingerprint density at radius 2 is 1.64 bits per heavy atom. The van der Waals surface area contributed by atoms with Gasteiger partial charge in [0.05, 0.1) is 6.54 Å². The summed E-state index contributed by atoms with van der Waals surface area (Å²) in [6.45, 7) is 0.00994. The minimum Gasteiger partial charge on any atom is -0.344 e. The van der Waals surface area contributed by atoms with Gasteiger partial charge < -0.3 is 10.6 Å². The molecular weight excluding hydrogens is 448 g/mol. The van der Waals surface area contributed by atoms with Gasteiger partial charge in [-0.1, -0.05) is 66.4 Å². The molecule has 3 aromatic rings. The van der Waals surface area contributed by atoms with Gasteiger partial charge in [-0.25, -0.2) is 0 Å². The predicted octanol–water partition coefficient (Wildman–Crippen LogP) is 3.61. The molecule has 178 valence electrons. The summed E-state index contributed by atoms with van der Waals surface area (Å²) in [5.74, 6) is 6.31. The summed E-state index contributed by atoms with van der Waals surface area (Å²) >= 11 is 0. The number of amides is 2. The number of nitrogens with one attached hydrogen (secondary N) is 2. The van der Waals surface area contributed by atoms with Crippen LogP contribution < -0.4 is 10.6 Å². The first-order valence-corrected chi connectivity index (χ1v) is 12.2. The molecule has 2 aliphatic carbocycles. The number of benzene rings is 3. The van der Waals surface area contributed by atoms with E-state index < -0.39 is 11.8 Å². The second-order valence-corrected chi connectivity index (χ2v) is 9.43. The Kier molecular flexibility index (Phi) is 6.32. The third-order valence-corrected chi connectivity index (χ3v) is 7.19. The van der Waals surface area contributed by atoms with Gasteiger partial charge in [0.2, 0.25) is 5.78 Å². The van der Waals surface area contributed by atoms with Crippen molar-refractivity contribution in [1.29, 1.82) is 0 Å². The van der Waals surface area contributed by atoms with Crippen LogP contribution in [0.4, 0.5) is 0 Å². The molecular formula is C31H26N2O3. The summed E-state index contributed by atoms with van der Waals surface area (Å²) in [7, 11) is 0. The normalized spacial score (nSPS) is 14.3. The van der Waals surface area contributed by atoms with Crippen molar-refractivity contribution in [3.05, 3.63) is 82.4 Å². The first kappa shape index (κ1) is 23.4. The summed E-state index contributed by atoms with van der Waals surface area (Å²) in [5, 5.41) is 7.58. The van der Waals surface area contributed by atoms with Gasteiger partial charge in [-0.15, -0.1) is 6.42 Å². The number of carbonyl (C=O) groups is 3. The summed E-state index contributed by atoms with van der Waals surface area (Å²) in [5.41, 5.74) is 5.23. The van der Waals surface area contributed by atoms with Crippen LogP contribution in [-0.2, 0) is 34.4 Å². The van der Waals surface area contributed by atoms with E-state index in [1.807, 2.05) is 0 Å². The molecule has 0 spiro atoms. The van der Waals surface area contributed by atoms with E-state index in [9.17, 15) is 14.4 Å². The molecule has 0 bridgehead atoms. The van der Waals surface area contributed by atoms with E-state index >= 15 is 0 Å². The topological polar surface area (TPSA) is 75.3 Å². The van der Waals surface area contributed by atoms with Crippen LogP contribution in [0.25, 0.3) is 10.8 Å². The van der Waals surface area contributed by atoms with Crippen LogP contribution in [-0.4, -0.2) is 24.1 Å². The molecule has 1 saturated carbocycles. The molecule has 2 aliphatic rings. The maximum Gasteiger partial charge on any atom is 0.310 e. The molecule has 5 nitrogen and oxygen atoms in total. The van der Waals surface area contributed by atoms with E-state index in [0.717, 1.165) is 25.7 Å². The molecule has 0 aromatic heterocycles. The molecule has 5 heteroatoms. The second kappa shape index (κ2) is 9.72. The van der Waals surface area contributed by atoms with Gasteiger partial charge >= 0.3 is 11.8 Å². The maximum absolute atomic E-state index is 13.0. The number of hydrogen-bond donors (Lipinski definition) is 2. The van der Waals surface area contributed by atoms with Crippen molar-refractivity contribution in [1.82, 2.24) is 10.6 Å². The number of Topliss-reactive ketones (excluding diaryl/α,β-unsaturated/α-hetero) is 1. The highest BCUT2D eigenvalue weighted by Crippen LogP contribution is 2.53. The lowest BCUT2D eigenvalue weighted by Crippen LogP contribution is -2.39. The SMILES string of the molecule is C#CCNC(=O)C(=O)NCc1ccccc1C(=O)C#CCC1(c2ccc3c4c(cccc24)CC3)CC1. The minimum absolute atomic E-state index is 0.00621. The summed E-state index contributed by atoms with van der Waals surface area (Å²) < 4.78 is 0. The van der Waals surface area contributed by atoms with Crippen LogP contribution in [0.5, 0.6) is 0 Å². The zero-order valence-corrected chi connectivity index (χ0v) is 19.9. The van der Waals surface area contributed by atoms with E-state index in [1.165, 1.54) is 27.5 Å². The number of ketones is 1. The lowest BCUT2D eigenvalue weighted by atomic mass is 9.87. The van der Waals surface area contributed by atoms with E-state index in [1.54, 1.807) is 24.3 Å². The molecule has 3 aromatic carbocycles. The van der Waals surface area contributed by atoms with E-state index in [2.05, 4.69) is 58.7 Å². The Labute approximate surface area is 210 Å². The zero-order valence-electron chi connectivity index (χ0n) is 19.9. The Morgan fingerprint density at radius 3 is 2.42 bits per heavy atom. The fraction of sp³-hybridized carbons (Fsp3) is 0.258. The van der Waals surface area contributed by atoms with Gasteiger partial charge in [0, 0.05) is 23.9 Å². The number of aryl methyl sites for hydroxylation is 2. The molecule has 2 amide bonds. The quantitative estimate of drug-likeness (QED) is 0.248. The van der Waals surface area contributed by atoms with Crippen molar-refractivity contribution in [3.8, 4) is 24.2 Å². The van der Waals surface area contributed by atoms with Crippen LogP contribution in [0.3, 0.4) is 0 Å². The first-order chi connectivity index (χ1) is 17.5. The average Bonchev–Trinajstić information content (AvgIpc) is 3.57. The molecule has 0 unspecified atom stereocenters. The monoisotopic (exact) mass is 474 g/mol. The highest BCUT2D eigenvalue weighted by atomic mass is 16.2. The minimum atomic E-state index is -0.811. The third-order valence-electron chi connectivity index (χ3n) is 7.19. The number of rotatable bonds is 6. The van der Waals surface area contributed by atoms with Gasteiger partial charge in [-0.2, -0.15) is 0 Å². The van der Waals surface area contributed by atoms with Crippen molar-refractivity contribution >= 4 is 28.4 Å². The molecule has 2 N–H and O–H groups in total. The van der Waals surface area contributed by atoms with Crippen LogP contribution >= 0.6 is 0 Å². The molecule has 0 saturated heterocycles. The molecule has 0 atom stereocenters. The lowest BCUT2D eigenvalue weighted by molar-refractivity contribution is -0.139. The smallest absolute Gasteiger partial charge is 0.310 e. The average molecular weight is 475 g/mol. The summed E-state index contributed by atoms with van der Waals surface area (Å²) in [4.78, 5) is 36.6. The molecule has 0 heterocycles. The summed E-state index contributed by atoms with van der Waals surface area (Å²) in [6.07, 6.45) is 10.1. The van der Waals surface area contributed by atoms with Crippen LogP contribution in [0.1, 0.15) is 51.9 Å². The zero-order chi connectivity index (χ0) is 25.1. The number of hydrogen-bond acceptors (Lipinski definition) is 3. The van der Waals surface area contributed by atoms with Crippen molar-refractivity contribution in [2.45, 2.75) is 44.1 Å². The van der Waals surface area contributed by atoms with Gasteiger partial charge in [0.15, 0.2) is 0 Å². The molecule has 0 aliphatic heterocycles. The Hall–Kier alpha value is -4.35. The van der Waals surface area contributed by atoms with Crippen molar-refractivity contribution in [2.24, 2.45) is 0 Å².